The molecule has 17 heavy (non-hydrogen) atoms. The fourth-order valence-electron chi connectivity index (χ4n) is 1.39. The fourth-order valence-corrected chi connectivity index (χ4v) is 1.39. The monoisotopic (exact) mass is 239 g/mol. The van der Waals surface area contributed by atoms with Crippen molar-refractivity contribution in [3.63, 3.8) is 0 Å². The Balaban J connectivity index is 3.14. The summed E-state index contributed by atoms with van der Waals surface area (Å²) >= 11 is 0. The maximum Gasteiger partial charge on any atom is 0.335 e. The van der Waals surface area contributed by atoms with Crippen LogP contribution in [0.2, 0.25) is 0 Å². The predicted octanol–water partition coefficient (Wildman–Crippen LogP) is 0.371. The highest BCUT2D eigenvalue weighted by Crippen LogP contribution is 2.23. The highest BCUT2D eigenvalue weighted by molar-refractivity contribution is 5.73. The fraction of sp³-hybridized carbons (Fsp3) is 0.273. The molecule has 90 valence electrons. The van der Waals surface area contributed by atoms with E-state index in [0.717, 1.165) is 12.1 Å². The van der Waals surface area contributed by atoms with Gasteiger partial charge in [-0.05, 0) is 23.3 Å². The number of rotatable bonds is 4. The Morgan fingerprint density at radius 2 is 2.12 bits per heavy atom. The minimum absolute atomic E-state index is 0.0959. The summed E-state index contributed by atoms with van der Waals surface area (Å²) in [5.74, 6) is -2.30. The minimum Gasteiger partial charge on any atom is -0.479 e. The van der Waals surface area contributed by atoms with Crippen molar-refractivity contribution in [3.8, 4) is 6.07 Å². The van der Waals surface area contributed by atoms with Crippen LogP contribution >= 0.6 is 0 Å². The van der Waals surface area contributed by atoms with Crippen molar-refractivity contribution in [1.82, 2.24) is 0 Å². The number of hydrogen-bond donors (Lipinski definition) is 3. The molecule has 0 aliphatic rings. The van der Waals surface area contributed by atoms with E-state index >= 15 is 0 Å². The second-order valence-electron chi connectivity index (χ2n) is 3.41. The topological polar surface area (TPSA) is 102 Å². The second-order valence-corrected chi connectivity index (χ2v) is 3.41. The number of aliphatic hydroxyl groups excluding tert-OH is 2. The molecule has 0 fully saturated rings. The number of nitriles is 1. The molecule has 0 spiro atoms. The molecule has 0 aliphatic heterocycles. The zero-order valence-corrected chi connectivity index (χ0v) is 8.67. The number of aliphatic carboxylic acids is 1. The van der Waals surface area contributed by atoms with Gasteiger partial charge in [-0.25, -0.2) is 9.18 Å². The van der Waals surface area contributed by atoms with Gasteiger partial charge in [0.05, 0.1) is 12.5 Å². The first-order valence-corrected chi connectivity index (χ1v) is 4.71. The summed E-state index contributed by atoms with van der Waals surface area (Å²) in [6, 6.07) is 5.07. The number of nitrogens with zero attached hydrogens (tertiary/aromatic N) is 1. The van der Waals surface area contributed by atoms with Gasteiger partial charge in [0.15, 0.2) is 6.10 Å². The molecule has 0 aromatic heterocycles. The van der Waals surface area contributed by atoms with E-state index in [-0.39, 0.29) is 17.5 Å². The summed E-state index contributed by atoms with van der Waals surface area (Å²) in [6.45, 7) is 0. The standard InChI is InChI=1S/C11H10FNO4/c12-7-2-1-6(3-4-13)8(5-7)9(14)10(15)11(16)17/h1-2,5,9-10,14-15H,3H2,(H,16,17). The first kappa shape index (κ1) is 13.1. The van der Waals surface area contributed by atoms with Crippen LogP contribution in [-0.4, -0.2) is 27.4 Å². The second kappa shape index (κ2) is 5.39. The van der Waals surface area contributed by atoms with Crippen LogP contribution in [0.4, 0.5) is 4.39 Å². The lowest BCUT2D eigenvalue weighted by Crippen LogP contribution is -2.28. The predicted molar refractivity (Wildman–Crippen MR) is 54.3 cm³/mol. The van der Waals surface area contributed by atoms with E-state index in [9.17, 15) is 19.4 Å². The first-order valence-electron chi connectivity index (χ1n) is 4.71. The zero-order valence-electron chi connectivity index (χ0n) is 8.67. The number of halogens is 1. The summed E-state index contributed by atoms with van der Waals surface area (Å²) in [6.07, 6.45) is -3.94. The molecular formula is C11H10FNO4. The van der Waals surface area contributed by atoms with Crippen molar-refractivity contribution < 1.29 is 24.5 Å². The molecule has 5 nitrogen and oxygen atoms in total. The molecule has 0 heterocycles. The summed E-state index contributed by atoms with van der Waals surface area (Å²) in [5, 5.41) is 35.8. The maximum absolute atomic E-state index is 13.0. The van der Waals surface area contributed by atoms with Gasteiger partial charge >= 0.3 is 5.97 Å². The van der Waals surface area contributed by atoms with Crippen LogP contribution in [0, 0.1) is 17.1 Å². The van der Waals surface area contributed by atoms with Crippen molar-refractivity contribution >= 4 is 5.97 Å². The molecule has 1 aromatic carbocycles. The summed E-state index contributed by atoms with van der Waals surface area (Å²) in [7, 11) is 0. The quantitative estimate of drug-likeness (QED) is 0.704. The number of aliphatic hydroxyl groups is 2. The Morgan fingerprint density at radius 1 is 1.47 bits per heavy atom. The van der Waals surface area contributed by atoms with Crippen LogP contribution in [0.15, 0.2) is 18.2 Å². The van der Waals surface area contributed by atoms with Crippen LogP contribution < -0.4 is 0 Å². The molecule has 1 aromatic rings. The largest absolute Gasteiger partial charge is 0.479 e. The van der Waals surface area contributed by atoms with Crippen molar-refractivity contribution in [2.75, 3.05) is 0 Å². The van der Waals surface area contributed by atoms with Gasteiger partial charge in [-0.15, -0.1) is 0 Å². The molecular weight excluding hydrogens is 229 g/mol. The molecule has 6 heteroatoms. The van der Waals surface area contributed by atoms with E-state index in [2.05, 4.69) is 0 Å². The Kier molecular flexibility index (Phi) is 4.15. The van der Waals surface area contributed by atoms with Gasteiger partial charge in [0, 0.05) is 0 Å². The van der Waals surface area contributed by atoms with E-state index in [1.807, 2.05) is 0 Å². The van der Waals surface area contributed by atoms with Crippen molar-refractivity contribution in [3.05, 3.63) is 35.1 Å². The molecule has 2 atom stereocenters. The van der Waals surface area contributed by atoms with E-state index in [4.69, 9.17) is 10.4 Å². The van der Waals surface area contributed by atoms with E-state index in [1.54, 1.807) is 6.07 Å². The van der Waals surface area contributed by atoms with Crippen LogP contribution in [0.5, 0.6) is 0 Å². The summed E-state index contributed by atoms with van der Waals surface area (Å²) < 4.78 is 13.0. The number of benzene rings is 1. The molecule has 0 saturated heterocycles. The average Bonchev–Trinajstić information content (AvgIpc) is 2.29. The number of carboxylic acid groups (broad SMARTS) is 1. The molecule has 0 amide bonds. The van der Waals surface area contributed by atoms with E-state index in [1.165, 1.54) is 6.07 Å². The highest BCUT2D eigenvalue weighted by Gasteiger charge is 2.27. The highest BCUT2D eigenvalue weighted by atomic mass is 19.1. The van der Waals surface area contributed by atoms with Gasteiger partial charge in [0.25, 0.3) is 0 Å². The van der Waals surface area contributed by atoms with Crippen molar-refractivity contribution in [1.29, 1.82) is 5.26 Å². The van der Waals surface area contributed by atoms with Gasteiger partial charge in [-0.2, -0.15) is 5.26 Å². The molecule has 3 N–H and O–H groups in total. The maximum atomic E-state index is 13.0. The van der Waals surface area contributed by atoms with E-state index in [0.29, 0.717) is 0 Å². The molecule has 0 aliphatic carbocycles. The minimum atomic E-state index is -2.06. The Morgan fingerprint density at radius 3 is 2.65 bits per heavy atom. The molecule has 0 bridgehead atoms. The zero-order chi connectivity index (χ0) is 13.0. The van der Waals surface area contributed by atoms with Crippen LogP contribution in [-0.2, 0) is 11.2 Å². The SMILES string of the molecule is N#CCc1ccc(F)cc1C(O)C(O)C(=O)O. The Bertz CT molecular complexity index is 469. The number of hydrogen-bond acceptors (Lipinski definition) is 4. The molecule has 0 saturated carbocycles. The lowest BCUT2D eigenvalue weighted by Gasteiger charge is -2.17. The third-order valence-corrected chi connectivity index (χ3v) is 2.25. The molecule has 1 rings (SSSR count). The van der Waals surface area contributed by atoms with Crippen molar-refractivity contribution in [2.24, 2.45) is 0 Å². The van der Waals surface area contributed by atoms with Crippen LogP contribution in [0.25, 0.3) is 0 Å². The van der Waals surface area contributed by atoms with Gasteiger partial charge in [0.2, 0.25) is 0 Å². The normalized spacial score (nSPS) is 13.8. The lowest BCUT2D eigenvalue weighted by atomic mass is 9.97. The van der Waals surface area contributed by atoms with Crippen molar-refractivity contribution in [2.45, 2.75) is 18.6 Å². The van der Waals surface area contributed by atoms with E-state index < -0.39 is 24.0 Å². The average molecular weight is 239 g/mol. The smallest absolute Gasteiger partial charge is 0.335 e. The van der Waals surface area contributed by atoms with Gasteiger partial charge < -0.3 is 15.3 Å². The molecule has 0 radical (unpaired) electrons. The number of carboxylic acids is 1. The third kappa shape index (κ3) is 3.00. The van der Waals surface area contributed by atoms with Crippen LogP contribution in [0.3, 0.4) is 0 Å². The van der Waals surface area contributed by atoms with Crippen LogP contribution in [0.1, 0.15) is 17.2 Å². The lowest BCUT2D eigenvalue weighted by molar-refractivity contribution is -0.153. The van der Waals surface area contributed by atoms with Gasteiger partial charge in [0.1, 0.15) is 11.9 Å². The third-order valence-electron chi connectivity index (χ3n) is 2.25. The Labute approximate surface area is 96.4 Å². The Hall–Kier alpha value is -1.97. The summed E-state index contributed by atoms with van der Waals surface area (Å²) in [4.78, 5) is 10.5. The first-order chi connectivity index (χ1) is 7.97. The van der Waals surface area contributed by atoms with Gasteiger partial charge in [-0.3, -0.25) is 0 Å². The number of carbonyl (C=O) groups is 1. The molecule has 2 unspecified atom stereocenters. The van der Waals surface area contributed by atoms with Gasteiger partial charge in [-0.1, -0.05) is 6.07 Å². The summed E-state index contributed by atoms with van der Waals surface area (Å²) in [5.41, 5.74) is 0.183.